The molecule has 124 valence electrons. The second kappa shape index (κ2) is 5.13. The number of rotatable bonds is 3. The minimum absolute atomic E-state index is 0.139. The molecule has 0 radical (unpaired) electrons. The van der Waals surface area contributed by atoms with Crippen LogP contribution in [-0.2, 0) is 17.1 Å². The number of piperazine rings is 1. The van der Waals surface area contributed by atoms with Gasteiger partial charge in [-0.3, -0.25) is 4.68 Å². The summed E-state index contributed by atoms with van der Waals surface area (Å²) in [6.45, 7) is 4.19. The van der Waals surface area contributed by atoms with Gasteiger partial charge in [0.15, 0.2) is 5.65 Å². The third kappa shape index (κ3) is 2.47. The van der Waals surface area contributed by atoms with Crippen LogP contribution in [0.1, 0.15) is 18.7 Å². The highest BCUT2D eigenvalue weighted by atomic mass is 32.2. The Balaban J connectivity index is 1.59. The Bertz CT molecular complexity index is 850. The lowest BCUT2D eigenvalue weighted by atomic mass is 10.3. The highest BCUT2D eigenvalue weighted by molar-refractivity contribution is 7.90. The summed E-state index contributed by atoms with van der Waals surface area (Å²) in [6, 6.07) is 0. The van der Waals surface area contributed by atoms with Crippen LogP contribution in [0.2, 0.25) is 0 Å². The predicted molar refractivity (Wildman–Crippen MR) is 86.8 cm³/mol. The molecular formula is C14H20N6O2S. The van der Waals surface area contributed by atoms with Crippen LogP contribution < -0.4 is 4.90 Å². The van der Waals surface area contributed by atoms with Crippen molar-refractivity contribution in [2.45, 2.75) is 25.0 Å². The molecule has 2 aliphatic rings. The molecule has 0 aromatic carbocycles. The average molecular weight is 336 g/mol. The summed E-state index contributed by atoms with van der Waals surface area (Å²) in [7, 11) is -1.22. The Hall–Kier alpha value is -1.74. The van der Waals surface area contributed by atoms with Gasteiger partial charge in [-0.1, -0.05) is 0 Å². The molecule has 2 fully saturated rings. The maximum atomic E-state index is 12.3. The molecule has 23 heavy (non-hydrogen) atoms. The largest absolute Gasteiger partial charge is 0.353 e. The van der Waals surface area contributed by atoms with Gasteiger partial charge in [0.25, 0.3) is 0 Å². The maximum absolute atomic E-state index is 12.3. The van der Waals surface area contributed by atoms with Gasteiger partial charge in [0.2, 0.25) is 10.0 Å². The normalized spacial score (nSPS) is 20.3. The lowest BCUT2D eigenvalue weighted by Crippen LogP contribution is -2.49. The Morgan fingerprint density at radius 2 is 1.83 bits per heavy atom. The van der Waals surface area contributed by atoms with E-state index in [1.54, 1.807) is 15.2 Å². The first-order chi connectivity index (χ1) is 11.0. The molecule has 0 spiro atoms. The molecule has 1 saturated heterocycles. The van der Waals surface area contributed by atoms with E-state index < -0.39 is 10.0 Å². The number of aromatic nitrogens is 4. The molecule has 3 heterocycles. The standard InChI is InChI=1S/C14H20N6O2S/c1-10-16-13-12(9-15-18(13)2)14(17-10)19-5-7-20(8-6-19)23(21,22)11-3-4-11/h9,11H,3-8H2,1-2H3. The van der Waals surface area contributed by atoms with E-state index in [9.17, 15) is 8.42 Å². The van der Waals surface area contributed by atoms with Gasteiger partial charge < -0.3 is 4.90 Å². The zero-order chi connectivity index (χ0) is 16.2. The summed E-state index contributed by atoms with van der Waals surface area (Å²) >= 11 is 0. The smallest absolute Gasteiger partial charge is 0.217 e. The van der Waals surface area contributed by atoms with Crippen molar-refractivity contribution < 1.29 is 8.42 Å². The predicted octanol–water partition coefficient (Wildman–Crippen LogP) is 0.286. The van der Waals surface area contributed by atoms with E-state index >= 15 is 0 Å². The molecule has 0 unspecified atom stereocenters. The summed E-state index contributed by atoms with van der Waals surface area (Å²) in [4.78, 5) is 11.1. The van der Waals surface area contributed by atoms with Crippen LogP contribution in [0.15, 0.2) is 6.20 Å². The van der Waals surface area contributed by atoms with Crippen LogP contribution in [0.25, 0.3) is 11.0 Å². The lowest BCUT2D eigenvalue weighted by molar-refractivity contribution is 0.383. The van der Waals surface area contributed by atoms with Crippen molar-refractivity contribution in [2.75, 3.05) is 31.1 Å². The van der Waals surface area contributed by atoms with Crippen LogP contribution in [-0.4, -0.2) is 63.9 Å². The Morgan fingerprint density at radius 3 is 2.48 bits per heavy atom. The number of sulfonamides is 1. The molecule has 0 bridgehead atoms. The van der Waals surface area contributed by atoms with Crippen LogP contribution in [0, 0.1) is 6.92 Å². The quantitative estimate of drug-likeness (QED) is 0.801. The summed E-state index contributed by atoms with van der Waals surface area (Å²) in [5.74, 6) is 1.55. The van der Waals surface area contributed by atoms with Crippen molar-refractivity contribution in [1.82, 2.24) is 24.1 Å². The molecule has 1 aliphatic heterocycles. The molecule has 9 heteroatoms. The number of nitrogens with zero attached hydrogens (tertiary/aromatic N) is 6. The molecule has 2 aromatic heterocycles. The SMILES string of the molecule is Cc1nc(N2CCN(S(=O)(=O)C3CC3)CC2)c2cnn(C)c2n1. The molecule has 4 rings (SSSR count). The number of anilines is 1. The molecule has 1 saturated carbocycles. The van der Waals surface area contributed by atoms with Gasteiger partial charge in [-0.25, -0.2) is 18.4 Å². The summed E-state index contributed by atoms with van der Waals surface area (Å²) in [6.07, 6.45) is 3.39. The zero-order valence-corrected chi connectivity index (χ0v) is 14.1. The monoisotopic (exact) mass is 336 g/mol. The molecular weight excluding hydrogens is 316 g/mol. The van der Waals surface area contributed by atoms with Gasteiger partial charge in [0.05, 0.1) is 16.8 Å². The number of hydrogen-bond acceptors (Lipinski definition) is 6. The van der Waals surface area contributed by atoms with E-state index in [0.717, 1.165) is 29.7 Å². The first-order valence-corrected chi connectivity index (χ1v) is 9.37. The van der Waals surface area contributed by atoms with Gasteiger partial charge >= 0.3 is 0 Å². The van der Waals surface area contributed by atoms with Crippen LogP contribution in [0.5, 0.6) is 0 Å². The number of aryl methyl sites for hydroxylation is 2. The Labute approximate surface area is 135 Å². The summed E-state index contributed by atoms with van der Waals surface area (Å²) < 4.78 is 28.0. The third-order valence-electron chi connectivity index (χ3n) is 4.53. The van der Waals surface area contributed by atoms with Crippen molar-refractivity contribution in [3.63, 3.8) is 0 Å². The van der Waals surface area contributed by atoms with Crippen molar-refractivity contribution in [1.29, 1.82) is 0 Å². The minimum Gasteiger partial charge on any atom is -0.353 e. The highest BCUT2D eigenvalue weighted by Crippen LogP contribution is 2.32. The number of hydrogen-bond donors (Lipinski definition) is 0. The maximum Gasteiger partial charge on any atom is 0.217 e. The van der Waals surface area contributed by atoms with Crippen LogP contribution in [0.3, 0.4) is 0 Å². The molecule has 8 nitrogen and oxygen atoms in total. The van der Waals surface area contributed by atoms with Crippen molar-refractivity contribution in [2.24, 2.45) is 7.05 Å². The van der Waals surface area contributed by atoms with Gasteiger partial charge in [0, 0.05) is 33.2 Å². The molecule has 2 aromatic rings. The van der Waals surface area contributed by atoms with Crippen molar-refractivity contribution in [3.8, 4) is 0 Å². The van der Waals surface area contributed by atoms with Gasteiger partial charge in [-0.05, 0) is 19.8 Å². The second-order valence-electron chi connectivity index (χ2n) is 6.23. The zero-order valence-electron chi connectivity index (χ0n) is 13.3. The van der Waals surface area contributed by atoms with E-state index in [2.05, 4.69) is 20.0 Å². The van der Waals surface area contributed by atoms with E-state index in [4.69, 9.17) is 0 Å². The van der Waals surface area contributed by atoms with E-state index in [0.29, 0.717) is 32.0 Å². The van der Waals surface area contributed by atoms with Crippen LogP contribution in [0.4, 0.5) is 5.82 Å². The van der Waals surface area contributed by atoms with Gasteiger partial charge in [-0.15, -0.1) is 0 Å². The highest BCUT2D eigenvalue weighted by Gasteiger charge is 2.41. The fraction of sp³-hybridized carbons (Fsp3) is 0.643. The number of fused-ring (bicyclic) bond motifs is 1. The van der Waals surface area contributed by atoms with E-state index in [1.165, 1.54) is 0 Å². The second-order valence-corrected chi connectivity index (χ2v) is 8.44. The summed E-state index contributed by atoms with van der Waals surface area (Å²) in [5.41, 5.74) is 0.806. The molecule has 1 aliphatic carbocycles. The molecule has 0 amide bonds. The Kier molecular flexibility index (Phi) is 3.31. The van der Waals surface area contributed by atoms with Crippen LogP contribution >= 0.6 is 0 Å². The van der Waals surface area contributed by atoms with E-state index in [1.807, 2.05) is 14.0 Å². The lowest BCUT2D eigenvalue weighted by Gasteiger charge is -2.35. The molecule has 0 N–H and O–H groups in total. The van der Waals surface area contributed by atoms with E-state index in [-0.39, 0.29) is 5.25 Å². The average Bonchev–Trinajstić information content (AvgIpc) is 3.33. The topological polar surface area (TPSA) is 84.2 Å². The van der Waals surface area contributed by atoms with Crippen molar-refractivity contribution in [3.05, 3.63) is 12.0 Å². The van der Waals surface area contributed by atoms with Crippen molar-refractivity contribution >= 4 is 26.9 Å². The van der Waals surface area contributed by atoms with Gasteiger partial charge in [0.1, 0.15) is 11.6 Å². The third-order valence-corrected chi connectivity index (χ3v) is 6.93. The minimum atomic E-state index is -3.08. The first-order valence-electron chi connectivity index (χ1n) is 7.87. The fourth-order valence-electron chi connectivity index (χ4n) is 3.09. The first kappa shape index (κ1) is 14.8. The Morgan fingerprint density at radius 1 is 1.13 bits per heavy atom. The summed E-state index contributed by atoms with van der Waals surface area (Å²) in [5, 5.41) is 5.03. The fourth-order valence-corrected chi connectivity index (χ4v) is 4.91. The van der Waals surface area contributed by atoms with Gasteiger partial charge in [-0.2, -0.15) is 9.40 Å². The molecule has 0 atom stereocenters.